The summed E-state index contributed by atoms with van der Waals surface area (Å²) in [5, 5.41) is -0.115. The molecule has 2 N–H and O–H groups in total. The smallest absolute Gasteiger partial charge is 0.285 e. The minimum Gasteiger partial charge on any atom is -0.356 e. The average molecular weight is 423 g/mol. The normalized spacial score (nSPS) is 14.1. The van der Waals surface area contributed by atoms with Crippen LogP contribution in [-0.4, -0.2) is 61.5 Å². The van der Waals surface area contributed by atoms with Crippen LogP contribution in [0, 0.1) is 0 Å². The summed E-state index contributed by atoms with van der Waals surface area (Å²) in [6.07, 6.45) is 3.24. The van der Waals surface area contributed by atoms with E-state index in [0.717, 1.165) is 24.6 Å². The number of rotatable bonds is 5. The molecule has 8 nitrogen and oxygen atoms in total. The van der Waals surface area contributed by atoms with Crippen LogP contribution in [0.5, 0.6) is 0 Å². The van der Waals surface area contributed by atoms with Gasteiger partial charge in [0.15, 0.2) is 0 Å². The number of aromatic amines is 1. The topological polar surface area (TPSA) is 103 Å². The molecule has 0 unspecified atom stereocenters. The molecular weight excluding hydrogens is 400 g/mol. The van der Waals surface area contributed by atoms with E-state index in [2.05, 4.69) is 9.71 Å². The maximum absolute atomic E-state index is 12.6. The van der Waals surface area contributed by atoms with E-state index in [1.165, 1.54) is 17.2 Å². The van der Waals surface area contributed by atoms with Crippen LogP contribution >= 0.6 is 11.8 Å². The van der Waals surface area contributed by atoms with Crippen molar-refractivity contribution < 1.29 is 18.0 Å². The number of amides is 2. The van der Waals surface area contributed by atoms with Gasteiger partial charge in [-0.1, -0.05) is 0 Å². The zero-order valence-corrected chi connectivity index (χ0v) is 17.3. The van der Waals surface area contributed by atoms with Gasteiger partial charge in [0.1, 0.15) is 10.6 Å². The standard InChI is InChI=1S/C18H22N4O4S2/c1-21(2)18(24)27-14-7-5-13(6-8-14)20-28(25,26)15-11-16(19-12-15)17(23)22-9-3-4-10-22/h5-8,11-12,19-20H,3-4,9-10H2,1-2H3. The number of hydrogen-bond acceptors (Lipinski definition) is 5. The molecule has 0 bridgehead atoms. The van der Waals surface area contributed by atoms with Gasteiger partial charge in [-0.05, 0) is 54.9 Å². The number of carbonyl (C=O) groups excluding carboxylic acids is 2. The lowest BCUT2D eigenvalue weighted by Gasteiger charge is -2.13. The SMILES string of the molecule is CN(C)C(=O)Sc1ccc(NS(=O)(=O)c2c[nH]c(C(=O)N3CCCC3)c2)cc1. The van der Waals surface area contributed by atoms with Crippen molar-refractivity contribution in [2.75, 3.05) is 31.9 Å². The zero-order valence-electron chi connectivity index (χ0n) is 15.6. The number of carbonyl (C=O) groups is 2. The molecule has 2 amide bonds. The second kappa shape index (κ2) is 8.27. The summed E-state index contributed by atoms with van der Waals surface area (Å²) in [5.41, 5.74) is 0.631. The van der Waals surface area contributed by atoms with Crippen LogP contribution in [0.1, 0.15) is 23.3 Å². The average Bonchev–Trinajstić information content (AvgIpc) is 3.35. The molecule has 1 aliphatic rings. The van der Waals surface area contributed by atoms with E-state index in [1.54, 1.807) is 43.3 Å². The Morgan fingerprint density at radius 1 is 1.14 bits per heavy atom. The van der Waals surface area contributed by atoms with E-state index >= 15 is 0 Å². The van der Waals surface area contributed by atoms with Crippen LogP contribution in [0.15, 0.2) is 46.3 Å². The number of likely N-dealkylation sites (tertiary alicyclic amines) is 1. The lowest BCUT2D eigenvalue weighted by molar-refractivity contribution is 0.0787. The van der Waals surface area contributed by atoms with Crippen molar-refractivity contribution >= 4 is 38.6 Å². The number of sulfonamides is 1. The molecule has 150 valence electrons. The van der Waals surface area contributed by atoms with Gasteiger partial charge in [-0.3, -0.25) is 14.3 Å². The number of benzene rings is 1. The fourth-order valence-electron chi connectivity index (χ4n) is 2.74. The van der Waals surface area contributed by atoms with Crippen molar-refractivity contribution in [3.05, 3.63) is 42.2 Å². The molecule has 0 radical (unpaired) electrons. The van der Waals surface area contributed by atoms with Gasteiger partial charge in [-0.2, -0.15) is 0 Å². The van der Waals surface area contributed by atoms with E-state index in [1.807, 2.05) is 0 Å². The highest BCUT2D eigenvalue weighted by Crippen LogP contribution is 2.24. The van der Waals surface area contributed by atoms with Crippen molar-refractivity contribution in [1.82, 2.24) is 14.8 Å². The molecule has 0 saturated carbocycles. The number of hydrogen-bond donors (Lipinski definition) is 2. The summed E-state index contributed by atoms with van der Waals surface area (Å²) in [6.45, 7) is 1.39. The molecule has 1 aliphatic heterocycles. The maximum atomic E-state index is 12.6. The Morgan fingerprint density at radius 2 is 1.79 bits per heavy atom. The number of nitrogens with one attached hydrogen (secondary N) is 2. The second-order valence-corrected chi connectivity index (χ2v) is 9.35. The third-order valence-corrected chi connectivity index (χ3v) is 6.68. The number of thioether (sulfide) groups is 1. The Labute approximate surface area is 168 Å². The molecule has 3 rings (SSSR count). The van der Waals surface area contributed by atoms with Gasteiger partial charge in [-0.25, -0.2) is 8.42 Å². The minimum atomic E-state index is -3.83. The van der Waals surface area contributed by atoms with Crippen molar-refractivity contribution in [1.29, 1.82) is 0 Å². The first kappa shape index (κ1) is 20.3. The highest BCUT2D eigenvalue weighted by molar-refractivity contribution is 8.13. The van der Waals surface area contributed by atoms with Crippen molar-refractivity contribution in [3.63, 3.8) is 0 Å². The van der Waals surface area contributed by atoms with E-state index in [4.69, 9.17) is 0 Å². The molecule has 1 aromatic carbocycles. The first-order chi connectivity index (χ1) is 13.3. The molecule has 10 heteroatoms. The highest BCUT2D eigenvalue weighted by atomic mass is 32.2. The van der Waals surface area contributed by atoms with Gasteiger partial charge in [0.05, 0.1) is 0 Å². The van der Waals surface area contributed by atoms with Crippen molar-refractivity contribution in [2.45, 2.75) is 22.6 Å². The van der Waals surface area contributed by atoms with E-state index in [-0.39, 0.29) is 21.7 Å². The van der Waals surface area contributed by atoms with E-state index in [9.17, 15) is 18.0 Å². The second-order valence-electron chi connectivity index (χ2n) is 6.64. The Morgan fingerprint density at radius 3 is 2.39 bits per heavy atom. The third-order valence-electron chi connectivity index (χ3n) is 4.27. The highest BCUT2D eigenvalue weighted by Gasteiger charge is 2.23. The van der Waals surface area contributed by atoms with Gasteiger partial charge >= 0.3 is 0 Å². The summed E-state index contributed by atoms with van der Waals surface area (Å²) in [5.74, 6) is -0.189. The van der Waals surface area contributed by atoms with Crippen LogP contribution in [0.3, 0.4) is 0 Å². The number of anilines is 1. The van der Waals surface area contributed by atoms with Gasteiger partial charge in [-0.15, -0.1) is 0 Å². The number of H-pyrrole nitrogens is 1. The Kier molecular flexibility index (Phi) is 5.99. The fraction of sp³-hybridized carbons (Fsp3) is 0.333. The lowest BCUT2D eigenvalue weighted by atomic mass is 10.3. The molecular formula is C18H22N4O4S2. The Bertz CT molecular complexity index is 962. The summed E-state index contributed by atoms with van der Waals surface area (Å²) in [7, 11) is -0.505. The largest absolute Gasteiger partial charge is 0.356 e. The Balaban J connectivity index is 1.68. The zero-order chi connectivity index (χ0) is 20.3. The number of aromatic nitrogens is 1. The van der Waals surface area contributed by atoms with Crippen LogP contribution < -0.4 is 4.72 Å². The van der Waals surface area contributed by atoms with Gasteiger partial charge in [0, 0.05) is 44.0 Å². The molecule has 0 aliphatic carbocycles. The minimum absolute atomic E-state index is 0.00344. The molecule has 2 aromatic rings. The molecule has 2 heterocycles. The van der Waals surface area contributed by atoms with Crippen LogP contribution in [0.4, 0.5) is 10.5 Å². The molecule has 0 spiro atoms. The molecule has 28 heavy (non-hydrogen) atoms. The van der Waals surface area contributed by atoms with E-state index in [0.29, 0.717) is 23.7 Å². The van der Waals surface area contributed by atoms with Crippen LogP contribution in [-0.2, 0) is 10.0 Å². The van der Waals surface area contributed by atoms with Crippen LogP contribution in [0.25, 0.3) is 0 Å². The predicted molar refractivity (Wildman–Crippen MR) is 108 cm³/mol. The predicted octanol–water partition coefficient (Wildman–Crippen LogP) is 2.83. The fourth-order valence-corrected chi connectivity index (χ4v) is 4.45. The first-order valence-electron chi connectivity index (χ1n) is 8.76. The molecule has 1 fully saturated rings. The van der Waals surface area contributed by atoms with Gasteiger partial charge in [0.2, 0.25) is 0 Å². The molecule has 0 atom stereocenters. The quantitative estimate of drug-likeness (QED) is 0.722. The summed E-state index contributed by atoms with van der Waals surface area (Å²) >= 11 is 1.06. The van der Waals surface area contributed by atoms with E-state index < -0.39 is 10.0 Å². The first-order valence-corrected chi connectivity index (χ1v) is 11.1. The summed E-state index contributed by atoms with van der Waals surface area (Å²) in [6, 6.07) is 7.87. The lowest BCUT2D eigenvalue weighted by Crippen LogP contribution is -2.27. The Hall–Kier alpha value is -2.46. The van der Waals surface area contributed by atoms with Crippen LogP contribution in [0.2, 0.25) is 0 Å². The molecule has 1 saturated heterocycles. The molecule has 1 aromatic heterocycles. The monoisotopic (exact) mass is 422 g/mol. The van der Waals surface area contributed by atoms with Crippen molar-refractivity contribution in [3.8, 4) is 0 Å². The van der Waals surface area contributed by atoms with Gasteiger partial charge < -0.3 is 14.8 Å². The maximum Gasteiger partial charge on any atom is 0.285 e. The van der Waals surface area contributed by atoms with Gasteiger partial charge in [0.25, 0.3) is 21.2 Å². The summed E-state index contributed by atoms with van der Waals surface area (Å²) in [4.78, 5) is 30.7. The number of nitrogens with zero attached hydrogens (tertiary/aromatic N) is 2. The summed E-state index contributed by atoms with van der Waals surface area (Å²) < 4.78 is 27.7. The third kappa shape index (κ3) is 4.68. The van der Waals surface area contributed by atoms with Crippen molar-refractivity contribution in [2.24, 2.45) is 0 Å².